The fourth-order valence-electron chi connectivity index (χ4n) is 1.87. The van der Waals surface area contributed by atoms with Gasteiger partial charge in [0.15, 0.2) is 0 Å². The van der Waals surface area contributed by atoms with Gasteiger partial charge in [-0.3, -0.25) is 9.59 Å². The van der Waals surface area contributed by atoms with Crippen molar-refractivity contribution in [3.8, 4) is 0 Å². The van der Waals surface area contributed by atoms with Crippen LogP contribution in [0.15, 0.2) is 52.1 Å². The summed E-state index contributed by atoms with van der Waals surface area (Å²) < 4.78 is 30.5. The van der Waals surface area contributed by atoms with E-state index in [9.17, 15) is 18.0 Å². The number of rotatable bonds is 8. The summed E-state index contributed by atoms with van der Waals surface area (Å²) in [6.45, 7) is -0.590. The van der Waals surface area contributed by atoms with Gasteiger partial charge in [-0.1, -0.05) is 36.4 Å². The number of sulfonamides is 1. The number of thiophene rings is 1. The zero-order valence-corrected chi connectivity index (χ0v) is 15.2. The number of ether oxygens (including phenoxy) is 1. The summed E-state index contributed by atoms with van der Waals surface area (Å²) in [6, 6.07) is 12.2. The first-order chi connectivity index (χ1) is 11.9. The van der Waals surface area contributed by atoms with Crippen LogP contribution in [0.2, 0.25) is 0 Å². The summed E-state index contributed by atoms with van der Waals surface area (Å²) in [5.74, 6) is -1.18. The van der Waals surface area contributed by atoms with Gasteiger partial charge in [0.1, 0.15) is 17.4 Å². The molecule has 0 aliphatic carbocycles. The van der Waals surface area contributed by atoms with Crippen molar-refractivity contribution in [2.24, 2.45) is 0 Å². The van der Waals surface area contributed by atoms with Crippen LogP contribution in [0.4, 0.5) is 0 Å². The van der Waals surface area contributed by atoms with Gasteiger partial charge >= 0.3 is 5.97 Å². The number of esters is 1. The van der Waals surface area contributed by atoms with Crippen molar-refractivity contribution in [3.63, 3.8) is 0 Å². The molecule has 1 aromatic carbocycles. The second-order valence-corrected chi connectivity index (χ2v) is 8.34. The normalized spacial score (nSPS) is 11.3. The largest absolute Gasteiger partial charge is 0.460 e. The lowest BCUT2D eigenvalue weighted by Crippen LogP contribution is -2.40. The van der Waals surface area contributed by atoms with Crippen LogP contribution in [0, 0.1) is 0 Å². The average molecular weight is 382 g/mol. The molecule has 0 aliphatic heterocycles. The number of hydrogen-bond donors (Lipinski definition) is 1. The molecule has 9 heteroatoms. The van der Waals surface area contributed by atoms with Crippen LogP contribution in [0.1, 0.15) is 5.56 Å². The molecular formula is C16H18N2O5S2. The highest BCUT2D eigenvalue weighted by molar-refractivity contribution is 7.91. The molecule has 25 heavy (non-hydrogen) atoms. The number of carbonyl (C=O) groups is 2. The molecule has 1 amide bonds. The van der Waals surface area contributed by atoms with Gasteiger partial charge in [0, 0.05) is 7.05 Å². The number of amides is 1. The van der Waals surface area contributed by atoms with E-state index in [2.05, 4.69) is 5.32 Å². The van der Waals surface area contributed by atoms with E-state index in [1.54, 1.807) is 11.4 Å². The number of nitrogens with one attached hydrogen (secondary N) is 1. The lowest BCUT2D eigenvalue weighted by atomic mass is 10.2. The first kappa shape index (κ1) is 19.1. The van der Waals surface area contributed by atoms with E-state index in [4.69, 9.17) is 4.74 Å². The summed E-state index contributed by atoms with van der Waals surface area (Å²) in [5.41, 5.74) is 0.837. The summed E-state index contributed by atoms with van der Waals surface area (Å²) in [7, 11) is -2.39. The van der Waals surface area contributed by atoms with Crippen molar-refractivity contribution in [1.82, 2.24) is 9.62 Å². The number of likely N-dealkylation sites (N-methyl/N-ethyl adjacent to an activating group) is 1. The summed E-state index contributed by atoms with van der Waals surface area (Å²) in [6.07, 6.45) is 0. The van der Waals surface area contributed by atoms with Crippen LogP contribution in [-0.2, 0) is 31.0 Å². The first-order valence-electron chi connectivity index (χ1n) is 7.35. The zero-order valence-electron chi connectivity index (χ0n) is 13.5. The SMILES string of the molecule is CN(CC(=O)NCC(=O)OCc1ccccc1)S(=O)(=O)c1cccs1. The van der Waals surface area contributed by atoms with Gasteiger partial charge in [0.05, 0.1) is 6.54 Å². The Hall–Kier alpha value is -2.23. The zero-order chi connectivity index (χ0) is 18.3. The van der Waals surface area contributed by atoms with E-state index in [1.165, 1.54) is 13.1 Å². The minimum Gasteiger partial charge on any atom is -0.460 e. The van der Waals surface area contributed by atoms with Gasteiger partial charge in [-0.05, 0) is 17.0 Å². The third kappa shape index (κ3) is 5.66. The van der Waals surface area contributed by atoms with E-state index < -0.39 is 21.9 Å². The highest BCUT2D eigenvalue weighted by Gasteiger charge is 2.23. The molecule has 0 aliphatic rings. The molecule has 0 radical (unpaired) electrons. The van der Waals surface area contributed by atoms with Crippen molar-refractivity contribution in [1.29, 1.82) is 0 Å². The Morgan fingerprint density at radius 3 is 2.52 bits per heavy atom. The molecule has 1 heterocycles. The van der Waals surface area contributed by atoms with Gasteiger partial charge in [-0.25, -0.2) is 8.42 Å². The number of benzene rings is 1. The highest BCUT2D eigenvalue weighted by Crippen LogP contribution is 2.19. The van der Waals surface area contributed by atoms with Crippen LogP contribution >= 0.6 is 11.3 Å². The molecule has 2 aromatic rings. The molecule has 0 saturated heterocycles. The summed E-state index contributed by atoms with van der Waals surface area (Å²) in [5, 5.41) is 3.99. The van der Waals surface area contributed by atoms with Crippen LogP contribution in [0.3, 0.4) is 0 Å². The van der Waals surface area contributed by atoms with E-state index in [0.717, 1.165) is 21.2 Å². The molecule has 7 nitrogen and oxygen atoms in total. The fourth-order valence-corrected chi connectivity index (χ4v) is 4.19. The predicted molar refractivity (Wildman–Crippen MR) is 93.4 cm³/mol. The van der Waals surface area contributed by atoms with Gasteiger partial charge in [0.2, 0.25) is 5.91 Å². The quantitative estimate of drug-likeness (QED) is 0.693. The van der Waals surface area contributed by atoms with Gasteiger partial charge in [-0.15, -0.1) is 11.3 Å². The van der Waals surface area contributed by atoms with Gasteiger partial charge in [0.25, 0.3) is 10.0 Å². The number of carbonyl (C=O) groups excluding carboxylic acids is 2. The first-order valence-corrected chi connectivity index (χ1v) is 9.67. The minimum atomic E-state index is -3.70. The van der Waals surface area contributed by atoms with Crippen molar-refractivity contribution in [2.75, 3.05) is 20.1 Å². The Balaban J connectivity index is 1.75. The van der Waals surface area contributed by atoms with E-state index >= 15 is 0 Å². The molecule has 0 saturated carbocycles. The van der Waals surface area contributed by atoms with Crippen LogP contribution in [0.25, 0.3) is 0 Å². The van der Waals surface area contributed by atoms with Gasteiger partial charge in [-0.2, -0.15) is 4.31 Å². The third-order valence-corrected chi connectivity index (χ3v) is 6.37. The fraction of sp³-hybridized carbons (Fsp3) is 0.250. The average Bonchev–Trinajstić information content (AvgIpc) is 3.14. The minimum absolute atomic E-state index is 0.113. The molecule has 0 spiro atoms. The molecule has 1 N–H and O–H groups in total. The maximum atomic E-state index is 12.2. The van der Waals surface area contributed by atoms with Crippen molar-refractivity contribution < 1.29 is 22.7 Å². The molecule has 0 unspecified atom stereocenters. The molecule has 0 fully saturated rings. The van der Waals surface area contributed by atoms with Crippen LogP contribution in [0.5, 0.6) is 0 Å². The molecule has 1 aromatic heterocycles. The van der Waals surface area contributed by atoms with E-state index in [1.807, 2.05) is 30.3 Å². The molecule has 2 rings (SSSR count). The second kappa shape index (κ2) is 8.75. The van der Waals surface area contributed by atoms with E-state index in [0.29, 0.717) is 0 Å². The maximum absolute atomic E-state index is 12.2. The maximum Gasteiger partial charge on any atom is 0.325 e. The van der Waals surface area contributed by atoms with Crippen LogP contribution in [-0.4, -0.2) is 44.7 Å². The lowest BCUT2D eigenvalue weighted by Gasteiger charge is -2.15. The molecule has 0 bridgehead atoms. The Morgan fingerprint density at radius 1 is 1.16 bits per heavy atom. The Labute approximate surface area is 150 Å². The summed E-state index contributed by atoms with van der Waals surface area (Å²) in [4.78, 5) is 23.4. The number of hydrogen-bond acceptors (Lipinski definition) is 6. The number of nitrogens with zero attached hydrogens (tertiary/aromatic N) is 1. The Kier molecular flexibility index (Phi) is 6.68. The Morgan fingerprint density at radius 2 is 1.88 bits per heavy atom. The molecule has 134 valence electrons. The van der Waals surface area contributed by atoms with E-state index in [-0.39, 0.29) is 23.9 Å². The second-order valence-electron chi connectivity index (χ2n) is 5.12. The monoisotopic (exact) mass is 382 g/mol. The molecular weight excluding hydrogens is 364 g/mol. The van der Waals surface area contributed by atoms with Crippen molar-refractivity contribution in [2.45, 2.75) is 10.8 Å². The highest BCUT2D eigenvalue weighted by atomic mass is 32.2. The molecule has 0 atom stereocenters. The van der Waals surface area contributed by atoms with Crippen molar-refractivity contribution in [3.05, 3.63) is 53.4 Å². The third-order valence-electron chi connectivity index (χ3n) is 3.20. The smallest absolute Gasteiger partial charge is 0.325 e. The standard InChI is InChI=1S/C16H18N2O5S2/c1-18(25(21,22)16-8-5-9-24-16)11-14(19)17-10-15(20)23-12-13-6-3-2-4-7-13/h2-9H,10-12H2,1H3,(H,17,19). The lowest BCUT2D eigenvalue weighted by molar-refractivity contribution is -0.145. The predicted octanol–water partition coefficient (Wildman–Crippen LogP) is 1.23. The van der Waals surface area contributed by atoms with Crippen LogP contribution < -0.4 is 5.32 Å². The summed E-state index contributed by atoms with van der Waals surface area (Å²) >= 11 is 1.07. The topological polar surface area (TPSA) is 92.8 Å². The van der Waals surface area contributed by atoms with Crippen molar-refractivity contribution >= 4 is 33.2 Å². The Bertz CT molecular complexity index is 804. The van der Waals surface area contributed by atoms with Gasteiger partial charge < -0.3 is 10.1 Å².